The van der Waals surface area contributed by atoms with E-state index in [1.165, 1.54) is 12.1 Å². The van der Waals surface area contributed by atoms with Gasteiger partial charge < -0.3 is 10.6 Å². The maximum Gasteiger partial charge on any atom is 0.238 e. The predicted molar refractivity (Wildman–Crippen MR) is 105 cm³/mol. The predicted octanol–water partition coefficient (Wildman–Crippen LogP) is 2.97. The van der Waals surface area contributed by atoms with Gasteiger partial charge in [-0.3, -0.25) is 0 Å². The van der Waals surface area contributed by atoms with Crippen LogP contribution in [0.2, 0.25) is 0 Å². The molecule has 3 aromatic carbocycles. The number of hydrogen-bond acceptors (Lipinski definition) is 3. The fraction of sp³-hybridized carbons (Fsp3) is 0.0556. The molecule has 3 rings (SSSR count). The lowest BCUT2D eigenvalue weighted by Gasteiger charge is -2.13. The van der Waals surface area contributed by atoms with Gasteiger partial charge in [-0.1, -0.05) is 48.5 Å². The Kier molecular flexibility index (Phi) is 4.98. The zero-order valence-electron chi connectivity index (χ0n) is 13.3. The molecule has 0 aliphatic heterocycles. The number of hydrogen-bond donors (Lipinski definition) is 3. The van der Waals surface area contributed by atoms with Crippen LogP contribution in [-0.4, -0.2) is 13.5 Å². The van der Waals surface area contributed by atoms with Gasteiger partial charge in [0, 0.05) is 17.6 Å². The maximum absolute atomic E-state index is 11.3. The topological polar surface area (TPSA) is 84.2 Å². The van der Waals surface area contributed by atoms with Crippen LogP contribution in [0.4, 0.5) is 5.69 Å². The number of thiocarbonyl (C=S) groups is 1. The second kappa shape index (κ2) is 7.18. The molecule has 7 heteroatoms. The zero-order chi connectivity index (χ0) is 17.9. The summed E-state index contributed by atoms with van der Waals surface area (Å²) in [7, 11) is -3.67. The van der Waals surface area contributed by atoms with Crippen molar-refractivity contribution in [3.63, 3.8) is 0 Å². The highest BCUT2D eigenvalue weighted by atomic mass is 32.2. The Morgan fingerprint density at radius 1 is 0.960 bits per heavy atom. The van der Waals surface area contributed by atoms with Crippen molar-refractivity contribution in [3.8, 4) is 0 Å². The summed E-state index contributed by atoms with van der Waals surface area (Å²) in [6.45, 7) is 0.474. The van der Waals surface area contributed by atoms with Gasteiger partial charge in [0.05, 0.1) is 4.90 Å². The zero-order valence-corrected chi connectivity index (χ0v) is 14.9. The first-order chi connectivity index (χ1) is 11.9. The summed E-state index contributed by atoms with van der Waals surface area (Å²) in [6.07, 6.45) is 0. The summed E-state index contributed by atoms with van der Waals surface area (Å²) in [6, 6.07) is 20.4. The maximum atomic E-state index is 11.3. The average molecular weight is 371 g/mol. The number of primary sulfonamides is 1. The van der Waals surface area contributed by atoms with Gasteiger partial charge in [0.15, 0.2) is 5.11 Å². The van der Waals surface area contributed by atoms with Crippen molar-refractivity contribution in [1.82, 2.24) is 5.32 Å². The van der Waals surface area contributed by atoms with E-state index < -0.39 is 10.0 Å². The Balaban J connectivity index is 1.65. The number of rotatable bonds is 4. The van der Waals surface area contributed by atoms with Gasteiger partial charge in [-0.05, 0) is 41.4 Å². The summed E-state index contributed by atoms with van der Waals surface area (Å²) in [5, 5.41) is 14.1. The van der Waals surface area contributed by atoms with Crippen LogP contribution in [0.15, 0.2) is 71.6 Å². The van der Waals surface area contributed by atoms with Crippen LogP contribution in [0.25, 0.3) is 10.8 Å². The summed E-state index contributed by atoms with van der Waals surface area (Å²) < 4.78 is 22.5. The van der Waals surface area contributed by atoms with E-state index in [0.29, 0.717) is 11.7 Å². The second-order valence-corrected chi connectivity index (χ2v) is 7.49. The highest BCUT2D eigenvalue weighted by Crippen LogP contribution is 2.22. The van der Waals surface area contributed by atoms with Crippen LogP contribution in [-0.2, 0) is 16.6 Å². The first kappa shape index (κ1) is 17.3. The molecule has 5 nitrogen and oxygen atoms in total. The Morgan fingerprint density at radius 2 is 1.64 bits per heavy atom. The van der Waals surface area contributed by atoms with Crippen LogP contribution in [0, 0.1) is 0 Å². The second-order valence-electron chi connectivity index (χ2n) is 5.52. The lowest BCUT2D eigenvalue weighted by atomic mass is 10.1. The third kappa shape index (κ3) is 4.33. The van der Waals surface area contributed by atoms with Crippen molar-refractivity contribution >= 4 is 43.8 Å². The number of fused-ring (bicyclic) bond motifs is 1. The molecule has 0 heterocycles. The van der Waals surface area contributed by atoms with E-state index in [9.17, 15) is 8.42 Å². The molecule has 0 radical (unpaired) electrons. The molecule has 0 unspecified atom stereocenters. The van der Waals surface area contributed by atoms with E-state index in [-0.39, 0.29) is 4.90 Å². The average Bonchev–Trinajstić information content (AvgIpc) is 2.60. The number of sulfonamides is 1. The molecule has 25 heavy (non-hydrogen) atoms. The van der Waals surface area contributed by atoms with Crippen molar-refractivity contribution in [2.24, 2.45) is 5.14 Å². The van der Waals surface area contributed by atoms with Crippen molar-refractivity contribution < 1.29 is 8.42 Å². The molecule has 0 saturated carbocycles. The molecule has 0 saturated heterocycles. The van der Waals surface area contributed by atoms with Gasteiger partial charge in [-0.15, -0.1) is 0 Å². The van der Waals surface area contributed by atoms with Crippen LogP contribution in [0.5, 0.6) is 0 Å². The van der Waals surface area contributed by atoms with Gasteiger partial charge in [-0.25, -0.2) is 13.6 Å². The van der Waals surface area contributed by atoms with Crippen LogP contribution >= 0.6 is 12.2 Å². The summed E-state index contributed by atoms with van der Waals surface area (Å²) >= 11 is 5.35. The monoisotopic (exact) mass is 371 g/mol. The van der Waals surface area contributed by atoms with E-state index in [1.54, 1.807) is 12.1 Å². The van der Waals surface area contributed by atoms with Gasteiger partial charge in [0.25, 0.3) is 0 Å². The Labute approximate surface area is 151 Å². The molecular formula is C18H17N3O2S2. The Bertz CT molecular complexity index is 1010. The molecule has 0 spiro atoms. The lowest BCUT2D eigenvalue weighted by molar-refractivity contribution is 0.597. The smallest absolute Gasteiger partial charge is 0.238 e. The minimum Gasteiger partial charge on any atom is -0.358 e. The van der Waals surface area contributed by atoms with Crippen LogP contribution in [0.3, 0.4) is 0 Å². The van der Waals surface area contributed by atoms with Crippen molar-refractivity contribution in [2.45, 2.75) is 11.4 Å². The van der Waals surface area contributed by atoms with Crippen molar-refractivity contribution in [2.75, 3.05) is 5.32 Å². The number of anilines is 1. The Morgan fingerprint density at radius 3 is 2.36 bits per heavy atom. The number of benzene rings is 3. The third-order valence-corrected chi connectivity index (χ3v) is 4.92. The van der Waals surface area contributed by atoms with Gasteiger partial charge in [-0.2, -0.15) is 0 Å². The quantitative estimate of drug-likeness (QED) is 0.614. The van der Waals surface area contributed by atoms with Crippen LogP contribution in [0.1, 0.15) is 5.56 Å². The van der Waals surface area contributed by atoms with E-state index in [4.69, 9.17) is 17.4 Å². The molecule has 0 aliphatic carbocycles. The first-order valence-corrected chi connectivity index (χ1v) is 9.53. The molecule has 0 fully saturated rings. The van der Waals surface area contributed by atoms with Gasteiger partial charge >= 0.3 is 0 Å². The van der Waals surface area contributed by atoms with Crippen molar-refractivity contribution in [1.29, 1.82) is 0 Å². The summed E-state index contributed by atoms with van der Waals surface area (Å²) in [5.41, 5.74) is 1.83. The van der Waals surface area contributed by atoms with E-state index in [1.807, 2.05) is 42.5 Å². The Hall–Kier alpha value is -2.48. The van der Waals surface area contributed by atoms with Crippen molar-refractivity contribution in [3.05, 3.63) is 72.3 Å². The molecule has 0 aliphatic rings. The SMILES string of the molecule is NS(=O)(=O)c1ccc(CNC(=S)Nc2cccc3ccccc23)cc1. The lowest BCUT2D eigenvalue weighted by Crippen LogP contribution is -2.28. The fourth-order valence-electron chi connectivity index (χ4n) is 2.48. The summed E-state index contributed by atoms with van der Waals surface area (Å²) in [5.74, 6) is 0. The standard InChI is InChI=1S/C18H17N3O2S2/c19-25(22,23)15-10-8-13(9-11-15)12-20-18(24)21-17-7-3-5-14-4-1-2-6-16(14)17/h1-11H,12H2,(H2,19,22,23)(H2,20,21,24). The number of nitrogens with one attached hydrogen (secondary N) is 2. The van der Waals surface area contributed by atoms with Crippen LogP contribution < -0.4 is 15.8 Å². The van der Waals surface area contributed by atoms with Gasteiger partial charge in [0.1, 0.15) is 0 Å². The third-order valence-electron chi connectivity index (χ3n) is 3.74. The molecule has 4 N–H and O–H groups in total. The van der Waals surface area contributed by atoms with E-state index >= 15 is 0 Å². The number of nitrogens with two attached hydrogens (primary N) is 1. The molecule has 0 amide bonds. The minimum atomic E-state index is -3.67. The highest BCUT2D eigenvalue weighted by molar-refractivity contribution is 7.89. The normalized spacial score (nSPS) is 11.2. The van der Waals surface area contributed by atoms with E-state index in [0.717, 1.165) is 22.0 Å². The van der Waals surface area contributed by atoms with Gasteiger partial charge in [0.2, 0.25) is 10.0 Å². The fourth-order valence-corrected chi connectivity index (χ4v) is 3.18. The minimum absolute atomic E-state index is 0.0905. The molecule has 128 valence electrons. The highest BCUT2D eigenvalue weighted by Gasteiger charge is 2.07. The first-order valence-electron chi connectivity index (χ1n) is 7.58. The summed E-state index contributed by atoms with van der Waals surface area (Å²) in [4.78, 5) is 0.0905. The molecule has 0 bridgehead atoms. The molecule has 0 aromatic heterocycles. The molecular weight excluding hydrogens is 354 g/mol. The molecule has 0 atom stereocenters. The van der Waals surface area contributed by atoms with E-state index in [2.05, 4.69) is 10.6 Å². The largest absolute Gasteiger partial charge is 0.358 e. The molecule has 3 aromatic rings.